The molecule has 0 fully saturated rings. The van der Waals surface area contributed by atoms with E-state index in [1.54, 1.807) is 56.3 Å². The Hall–Kier alpha value is -4.10. The number of para-hydroxylation sites is 1. The van der Waals surface area contributed by atoms with Crippen molar-refractivity contribution < 1.29 is 19.1 Å². The van der Waals surface area contributed by atoms with Crippen LogP contribution in [-0.4, -0.2) is 36.6 Å². The molecule has 0 saturated carbocycles. The molecule has 7 nitrogen and oxygen atoms in total. The van der Waals surface area contributed by atoms with Gasteiger partial charge in [0.15, 0.2) is 0 Å². The second-order valence-electron chi connectivity index (χ2n) is 8.51. The van der Waals surface area contributed by atoms with E-state index in [0.29, 0.717) is 16.4 Å². The minimum absolute atomic E-state index is 0.291. The molecule has 1 aliphatic rings. The van der Waals surface area contributed by atoms with Gasteiger partial charge in [-0.05, 0) is 61.4 Å². The minimum atomic E-state index is -1.05. The summed E-state index contributed by atoms with van der Waals surface area (Å²) < 4.78 is 5.31. The van der Waals surface area contributed by atoms with Crippen molar-refractivity contribution in [1.29, 1.82) is 0 Å². The first-order valence-electron chi connectivity index (χ1n) is 11.5. The fraction of sp³-hybridized carbons (Fsp3) is 0.179. The van der Waals surface area contributed by atoms with Gasteiger partial charge in [0.2, 0.25) is 0 Å². The maximum absolute atomic E-state index is 13.8. The number of halogens is 1. The van der Waals surface area contributed by atoms with Crippen LogP contribution in [0.1, 0.15) is 25.0 Å². The summed E-state index contributed by atoms with van der Waals surface area (Å²) in [6, 6.07) is 21.9. The van der Waals surface area contributed by atoms with Crippen molar-refractivity contribution in [2.45, 2.75) is 26.0 Å². The first kappa shape index (κ1) is 25.0. The first-order chi connectivity index (χ1) is 17.3. The standard InChI is InChI=1S/C28H26ClN3O4/c1-18(2)36-26(33)17-32-25-11-7-6-10-22(25)23(19-8-4-3-5-9-19)16-24(27(32)34)31-28(35)30-21-14-12-20(29)13-15-21/h3-16,18,24H,17H2,1-2H3,(H2,30,31,35). The lowest BCUT2D eigenvalue weighted by Crippen LogP contribution is -2.50. The number of ether oxygens (including phenoxy) is 1. The molecular weight excluding hydrogens is 478 g/mol. The number of hydrogen-bond donors (Lipinski definition) is 2. The van der Waals surface area contributed by atoms with Gasteiger partial charge in [0.25, 0.3) is 5.91 Å². The Morgan fingerprint density at radius 2 is 1.64 bits per heavy atom. The summed E-state index contributed by atoms with van der Waals surface area (Å²) in [4.78, 5) is 40.6. The fourth-order valence-corrected chi connectivity index (χ4v) is 4.08. The minimum Gasteiger partial charge on any atom is -0.462 e. The van der Waals surface area contributed by atoms with E-state index in [2.05, 4.69) is 10.6 Å². The monoisotopic (exact) mass is 503 g/mol. The molecule has 0 saturated heterocycles. The lowest BCUT2D eigenvalue weighted by atomic mass is 9.95. The summed E-state index contributed by atoms with van der Waals surface area (Å²) >= 11 is 5.92. The number of benzene rings is 3. The van der Waals surface area contributed by atoms with E-state index in [1.165, 1.54) is 4.90 Å². The average molecular weight is 504 g/mol. The van der Waals surface area contributed by atoms with Crippen LogP contribution in [0.25, 0.3) is 5.57 Å². The molecule has 8 heteroatoms. The van der Waals surface area contributed by atoms with E-state index in [1.807, 2.05) is 42.5 Å². The molecule has 0 aromatic heterocycles. The number of hydrogen-bond acceptors (Lipinski definition) is 4. The summed E-state index contributed by atoms with van der Waals surface area (Å²) in [5, 5.41) is 6.00. The van der Waals surface area contributed by atoms with Gasteiger partial charge in [0, 0.05) is 16.3 Å². The molecule has 0 aliphatic carbocycles. The van der Waals surface area contributed by atoms with E-state index in [4.69, 9.17) is 16.3 Å². The van der Waals surface area contributed by atoms with Crippen molar-refractivity contribution in [2.75, 3.05) is 16.8 Å². The van der Waals surface area contributed by atoms with E-state index in [9.17, 15) is 14.4 Å². The van der Waals surface area contributed by atoms with Crippen LogP contribution in [0.15, 0.2) is 84.9 Å². The lowest BCUT2D eigenvalue weighted by Gasteiger charge is -2.26. The van der Waals surface area contributed by atoms with Crippen molar-refractivity contribution in [3.05, 3.63) is 101 Å². The second-order valence-corrected chi connectivity index (χ2v) is 8.95. The fourth-order valence-electron chi connectivity index (χ4n) is 3.96. The average Bonchev–Trinajstić information content (AvgIpc) is 2.96. The largest absolute Gasteiger partial charge is 0.462 e. The molecule has 1 heterocycles. The molecule has 1 aliphatic heterocycles. The third-order valence-corrected chi connectivity index (χ3v) is 5.73. The topological polar surface area (TPSA) is 87.7 Å². The Labute approximate surface area is 214 Å². The molecule has 1 atom stereocenters. The summed E-state index contributed by atoms with van der Waals surface area (Å²) in [5.41, 5.74) is 3.47. The lowest BCUT2D eigenvalue weighted by molar-refractivity contribution is -0.146. The van der Waals surface area contributed by atoms with E-state index in [0.717, 1.165) is 16.7 Å². The molecule has 2 N–H and O–H groups in total. The Morgan fingerprint density at radius 1 is 0.972 bits per heavy atom. The molecule has 184 valence electrons. The number of carbonyl (C=O) groups excluding carboxylic acids is 3. The zero-order chi connectivity index (χ0) is 25.7. The zero-order valence-electron chi connectivity index (χ0n) is 19.9. The number of urea groups is 1. The predicted octanol–water partition coefficient (Wildman–Crippen LogP) is 5.26. The van der Waals surface area contributed by atoms with Gasteiger partial charge < -0.3 is 15.4 Å². The number of nitrogens with one attached hydrogen (secondary N) is 2. The van der Waals surface area contributed by atoms with E-state index in [-0.39, 0.29) is 12.6 Å². The number of carbonyl (C=O) groups is 3. The van der Waals surface area contributed by atoms with Crippen LogP contribution in [0.5, 0.6) is 0 Å². The zero-order valence-corrected chi connectivity index (χ0v) is 20.7. The highest BCUT2D eigenvalue weighted by atomic mass is 35.5. The highest BCUT2D eigenvalue weighted by Crippen LogP contribution is 2.35. The van der Waals surface area contributed by atoms with Gasteiger partial charge in [0.05, 0.1) is 11.8 Å². The quantitative estimate of drug-likeness (QED) is 0.449. The van der Waals surface area contributed by atoms with Gasteiger partial charge in [-0.15, -0.1) is 0 Å². The number of amides is 3. The number of fused-ring (bicyclic) bond motifs is 1. The Balaban J connectivity index is 1.72. The third-order valence-electron chi connectivity index (χ3n) is 5.48. The molecule has 0 spiro atoms. The predicted molar refractivity (Wildman–Crippen MR) is 141 cm³/mol. The van der Waals surface area contributed by atoms with Crippen LogP contribution < -0.4 is 15.5 Å². The maximum atomic E-state index is 13.8. The SMILES string of the molecule is CC(C)OC(=O)CN1C(=O)C(NC(=O)Nc2ccc(Cl)cc2)C=C(c2ccccc2)c2ccccc21. The van der Waals surface area contributed by atoms with Crippen LogP contribution in [0.4, 0.5) is 16.2 Å². The van der Waals surface area contributed by atoms with E-state index < -0.39 is 23.9 Å². The summed E-state index contributed by atoms with van der Waals surface area (Å²) in [6.07, 6.45) is 1.39. The van der Waals surface area contributed by atoms with Crippen LogP contribution in [-0.2, 0) is 14.3 Å². The summed E-state index contributed by atoms with van der Waals surface area (Å²) in [6.45, 7) is 3.20. The Morgan fingerprint density at radius 3 is 2.33 bits per heavy atom. The van der Waals surface area contributed by atoms with Crippen LogP contribution >= 0.6 is 11.6 Å². The first-order valence-corrected chi connectivity index (χ1v) is 11.9. The molecular formula is C28H26ClN3O4. The van der Waals surface area contributed by atoms with Crippen LogP contribution in [0.2, 0.25) is 5.02 Å². The molecule has 0 radical (unpaired) electrons. The summed E-state index contributed by atoms with van der Waals surface area (Å²) in [7, 11) is 0. The molecule has 3 aromatic carbocycles. The molecule has 0 bridgehead atoms. The van der Waals surface area contributed by atoms with Gasteiger partial charge in [-0.25, -0.2) is 4.79 Å². The molecule has 3 amide bonds. The van der Waals surface area contributed by atoms with Crippen LogP contribution in [0.3, 0.4) is 0 Å². The van der Waals surface area contributed by atoms with Gasteiger partial charge in [-0.3, -0.25) is 14.5 Å². The molecule has 3 aromatic rings. The highest BCUT2D eigenvalue weighted by Gasteiger charge is 2.33. The van der Waals surface area contributed by atoms with Crippen molar-refractivity contribution in [3.63, 3.8) is 0 Å². The Bertz CT molecular complexity index is 1290. The van der Waals surface area contributed by atoms with Gasteiger partial charge in [0.1, 0.15) is 12.6 Å². The van der Waals surface area contributed by atoms with Crippen molar-refractivity contribution >= 4 is 46.5 Å². The third kappa shape index (κ3) is 5.93. The van der Waals surface area contributed by atoms with Gasteiger partial charge in [-0.2, -0.15) is 0 Å². The molecule has 1 unspecified atom stereocenters. The highest BCUT2D eigenvalue weighted by molar-refractivity contribution is 6.30. The molecule has 4 rings (SSSR count). The van der Waals surface area contributed by atoms with Crippen molar-refractivity contribution in [1.82, 2.24) is 5.32 Å². The van der Waals surface area contributed by atoms with Gasteiger partial charge in [-0.1, -0.05) is 60.1 Å². The van der Waals surface area contributed by atoms with E-state index >= 15 is 0 Å². The van der Waals surface area contributed by atoms with Crippen molar-refractivity contribution in [2.24, 2.45) is 0 Å². The Kier molecular flexibility index (Phi) is 7.71. The smallest absolute Gasteiger partial charge is 0.326 e. The number of rotatable bonds is 6. The van der Waals surface area contributed by atoms with Gasteiger partial charge >= 0.3 is 12.0 Å². The second kappa shape index (κ2) is 11.1. The summed E-state index contributed by atoms with van der Waals surface area (Å²) in [5.74, 6) is -0.999. The van der Waals surface area contributed by atoms with Crippen LogP contribution in [0, 0.1) is 0 Å². The number of nitrogens with zero attached hydrogens (tertiary/aromatic N) is 1. The maximum Gasteiger partial charge on any atom is 0.326 e. The van der Waals surface area contributed by atoms with Crippen molar-refractivity contribution in [3.8, 4) is 0 Å². The number of anilines is 2. The normalized spacial score (nSPS) is 15.0. The molecule has 36 heavy (non-hydrogen) atoms. The number of esters is 1.